The molecule has 68 valence electrons. The van der Waals surface area contributed by atoms with Gasteiger partial charge in [-0.25, -0.2) is 5.14 Å². The van der Waals surface area contributed by atoms with Crippen LogP contribution in [0.1, 0.15) is 0 Å². The van der Waals surface area contributed by atoms with Crippen molar-refractivity contribution in [3.8, 4) is 0 Å². The van der Waals surface area contributed by atoms with Crippen LogP contribution in [0.4, 0.5) is 11.5 Å². The molecule has 0 bridgehead atoms. The van der Waals surface area contributed by atoms with Crippen molar-refractivity contribution >= 4 is 21.7 Å². The van der Waals surface area contributed by atoms with Gasteiger partial charge in [-0.05, 0) is 0 Å². The third-order valence-electron chi connectivity index (χ3n) is 1.21. The predicted molar refractivity (Wildman–Crippen MR) is 44.4 cm³/mol. The molecule has 1 heterocycles. The molecule has 12 heavy (non-hydrogen) atoms. The number of hydrogen-bond acceptors (Lipinski definition) is 4. The zero-order chi connectivity index (χ0) is 9.35. The first-order chi connectivity index (χ1) is 5.40. The molecule has 0 aliphatic carbocycles. The summed E-state index contributed by atoms with van der Waals surface area (Å²) in [6.07, 6.45) is 1.33. The molecule has 1 rings (SSSR count). The molecule has 0 spiro atoms. The monoisotopic (exact) mass is 191 g/mol. The van der Waals surface area contributed by atoms with E-state index in [9.17, 15) is 8.42 Å². The van der Waals surface area contributed by atoms with Crippen molar-refractivity contribution in [2.75, 3.05) is 10.5 Å². The summed E-state index contributed by atoms with van der Waals surface area (Å²) >= 11 is 0. The Bertz CT molecular complexity index is 361. The molecule has 0 saturated heterocycles. The lowest BCUT2D eigenvalue weighted by Gasteiger charge is -2.03. The zero-order valence-corrected chi connectivity index (χ0v) is 7.17. The maximum Gasteiger partial charge on any atom is 0.297 e. The Labute approximate surface area is 69.5 Å². The number of anilines is 2. The van der Waals surface area contributed by atoms with Crippen molar-refractivity contribution in [3.05, 3.63) is 6.20 Å². The summed E-state index contributed by atoms with van der Waals surface area (Å²) < 4.78 is 24.4. The van der Waals surface area contributed by atoms with Crippen molar-refractivity contribution in [2.24, 2.45) is 12.2 Å². The lowest BCUT2D eigenvalue weighted by atomic mass is 10.5. The number of nitrogen functional groups attached to an aromatic ring is 1. The number of aryl methyl sites for hydroxylation is 1. The van der Waals surface area contributed by atoms with Crippen LogP contribution in [-0.4, -0.2) is 18.2 Å². The first kappa shape index (κ1) is 8.81. The molecule has 8 heteroatoms. The maximum atomic E-state index is 10.6. The topological polar surface area (TPSA) is 116 Å². The molecule has 0 fully saturated rings. The van der Waals surface area contributed by atoms with Gasteiger partial charge in [-0.3, -0.25) is 9.40 Å². The summed E-state index contributed by atoms with van der Waals surface area (Å²) in [6.45, 7) is 0. The van der Waals surface area contributed by atoms with Gasteiger partial charge < -0.3 is 5.73 Å². The highest BCUT2D eigenvalue weighted by Gasteiger charge is 2.09. The Morgan fingerprint density at radius 2 is 2.25 bits per heavy atom. The Balaban J connectivity index is 3.04. The fourth-order valence-electron chi connectivity index (χ4n) is 0.714. The average Bonchev–Trinajstić information content (AvgIpc) is 2.16. The van der Waals surface area contributed by atoms with E-state index in [-0.39, 0.29) is 11.5 Å². The zero-order valence-electron chi connectivity index (χ0n) is 6.35. The molecule has 1 aromatic rings. The van der Waals surface area contributed by atoms with Crippen LogP contribution in [0.5, 0.6) is 0 Å². The number of aromatic nitrogens is 2. The van der Waals surface area contributed by atoms with Crippen LogP contribution in [-0.2, 0) is 17.3 Å². The summed E-state index contributed by atoms with van der Waals surface area (Å²) in [5, 5.41) is 8.44. The molecular weight excluding hydrogens is 182 g/mol. The van der Waals surface area contributed by atoms with Crippen molar-refractivity contribution < 1.29 is 8.42 Å². The van der Waals surface area contributed by atoms with E-state index in [1.807, 2.05) is 4.72 Å². The Morgan fingerprint density at radius 3 is 2.58 bits per heavy atom. The van der Waals surface area contributed by atoms with E-state index in [1.165, 1.54) is 10.9 Å². The van der Waals surface area contributed by atoms with Crippen molar-refractivity contribution in [1.82, 2.24) is 9.78 Å². The van der Waals surface area contributed by atoms with Gasteiger partial charge in [-0.1, -0.05) is 0 Å². The van der Waals surface area contributed by atoms with Crippen molar-refractivity contribution in [3.63, 3.8) is 0 Å². The molecule has 7 nitrogen and oxygen atoms in total. The first-order valence-electron chi connectivity index (χ1n) is 2.98. The second-order valence-corrected chi connectivity index (χ2v) is 3.51. The van der Waals surface area contributed by atoms with Crippen LogP contribution in [0.3, 0.4) is 0 Å². The van der Waals surface area contributed by atoms with E-state index in [0.29, 0.717) is 0 Å². The highest BCUT2D eigenvalue weighted by molar-refractivity contribution is 7.90. The minimum absolute atomic E-state index is 0.164. The van der Waals surface area contributed by atoms with E-state index < -0.39 is 10.2 Å². The van der Waals surface area contributed by atoms with E-state index in [2.05, 4.69) is 5.10 Å². The standard InChI is InChI=1S/C4H9N5O2S/c1-9-4(3(5)2-7-9)8-12(6,10)11/h2,8H,5H2,1H3,(H2,6,10,11). The smallest absolute Gasteiger partial charge is 0.297 e. The number of nitrogens with one attached hydrogen (secondary N) is 1. The quantitative estimate of drug-likeness (QED) is 0.534. The van der Waals surface area contributed by atoms with Crippen LogP contribution in [0, 0.1) is 0 Å². The Morgan fingerprint density at radius 1 is 1.67 bits per heavy atom. The summed E-state index contributed by atoms with van der Waals surface area (Å²) in [5.41, 5.74) is 5.61. The van der Waals surface area contributed by atoms with E-state index in [4.69, 9.17) is 10.9 Å². The maximum absolute atomic E-state index is 10.6. The van der Waals surface area contributed by atoms with Gasteiger partial charge in [0.2, 0.25) is 0 Å². The minimum atomic E-state index is -3.78. The van der Waals surface area contributed by atoms with Crippen LogP contribution in [0.25, 0.3) is 0 Å². The Kier molecular flexibility index (Phi) is 1.94. The minimum Gasteiger partial charge on any atom is -0.394 e. The van der Waals surface area contributed by atoms with Gasteiger partial charge in [0.15, 0.2) is 5.82 Å². The number of nitrogens with two attached hydrogens (primary N) is 2. The SMILES string of the molecule is Cn1ncc(N)c1NS(N)(=O)=O. The molecule has 0 amide bonds. The average molecular weight is 191 g/mol. The lowest BCUT2D eigenvalue weighted by Crippen LogP contribution is -2.23. The summed E-state index contributed by atoms with van der Waals surface area (Å²) in [4.78, 5) is 0. The van der Waals surface area contributed by atoms with E-state index in [0.717, 1.165) is 0 Å². The van der Waals surface area contributed by atoms with Gasteiger partial charge >= 0.3 is 0 Å². The summed E-state index contributed by atoms with van der Waals surface area (Å²) in [6, 6.07) is 0. The molecule has 0 radical (unpaired) electrons. The molecule has 0 unspecified atom stereocenters. The number of nitrogens with zero attached hydrogens (tertiary/aromatic N) is 2. The number of hydrogen-bond donors (Lipinski definition) is 3. The third-order valence-corrected chi connectivity index (χ3v) is 1.68. The molecular formula is C4H9N5O2S. The largest absolute Gasteiger partial charge is 0.394 e. The van der Waals surface area contributed by atoms with Crippen LogP contribution < -0.4 is 15.6 Å². The summed E-state index contributed by atoms with van der Waals surface area (Å²) in [7, 11) is -2.24. The highest BCUT2D eigenvalue weighted by atomic mass is 32.2. The highest BCUT2D eigenvalue weighted by Crippen LogP contribution is 2.15. The molecule has 1 aromatic heterocycles. The van der Waals surface area contributed by atoms with Crippen molar-refractivity contribution in [1.29, 1.82) is 0 Å². The fraction of sp³-hybridized carbons (Fsp3) is 0.250. The van der Waals surface area contributed by atoms with E-state index >= 15 is 0 Å². The van der Waals surface area contributed by atoms with Gasteiger partial charge in [0, 0.05) is 7.05 Å². The normalized spacial score (nSPS) is 11.5. The number of rotatable bonds is 2. The van der Waals surface area contributed by atoms with Gasteiger partial charge in [-0.15, -0.1) is 0 Å². The van der Waals surface area contributed by atoms with Gasteiger partial charge in [-0.2, -0.15) is 13.5 Å². The second-order valence-electron chi connectivity index (χ2n) is 2.22. The first-order valence-corrected chi connectivity index (χ1v) is 4.53. The second kappa shape index (κ2) is 2.64. The fourth-order valence-corrected chi connectivity index (χ4v) is 1.23. The summed E-state index contributed by atoms with van der Waals surface area (Å²) in [5.74, 6) is 0.164. The molecule has 0 saturated carbocycles. The molecule has 5 N–H and O–H groups in total. The molecule has 0 aliphatic rings. The third kappa shape index (κ3) is 1.86. The lowest BCUT2D eigenvalue weighted by molar-refractivity contribution is 0.602. The van der Waals surface area contributed by atoms with Crippen LogP contribution >= 0.6 is 0 Å². The van der Waals surface area contributed by atoms with Gasteiger partial charge in [0.05, 0.1) is 11.9 Å². The van der Waals surface area contributed by atoms with Gasteiger partial charge in [0.1, 0.15) is 0 Å². The predicted octanol–water partition coefficient (Wildman–Crippen LogP) is -1.38. The van der Waals surface area contributed by atoms with Crippen LogP contribution in [0.2, 0.25) is 0 Å². The van der Waals surface area contributed by atoms with Gasteiger partial charge in [0.25, 0.3) is 10.2 Å². The molecule has 0 aromatic carbocycles. The van der Waals surface area contributed by atoms with Crippen LogP contribution in [0.15, 0.2) is 6.20 Å². The molecule has 0 aliphatic heterocycles. The molecule has 0 atom stereocenters. The Hall–Kier alpha value is -1.28. The van der Waals surface area contributed by atoms with E-state index in [1.54, 1.807) is 7.05 Å². The van der Waals surface area contributed by atoms with Crippen molar-refractivity contribution in [2.45, 2.75) is 0 Å².